The standard InChI is InChI=1S/C14H17FN2O/c1-9(2)13-6-7-17(16-13)14-5-4-11(15)8-12(14)10(3)18/h4-10,18H,1-3H3. The first kappa shape index (κ1) is 12.8. The molecule has 0 spiro atoms. The van der Waals surface area contributed by atoms with E-state index in [2.05, 4.69) is 18.9 Å². The van der Waals surface area contributed by atoms with Crippen LogP contribution in [0, 0.1) is 5.82 Å². The van der Waals surface area contributed by atoms with Crippen molar-refractivity contribution in [2.45, 2.75) is 32.8 Å². The van der Waals surface area contributed by atoms with Crippen LogP contribution in [0.5, 0.6) is 0 Å². The van der Waals surface area contributed by atoms with E-state index in [0.717, 1.165) is 5.69 Å². The van der Waals surface area contributed by atoms with E-state index in [-0.39, 0.29) is 5.82 Å². The number of aliphatic hydroxyl groups excluding tert-OH is 1. The van der Waals surface area contributed by atoms with Gasteiger partial charge in [0.1, 0.15) is 5.82 Å². The van der Waals surface area contributed by atoms with E-state index in [1.165, 1.54) is 12.1 Å². The quantitative estimate of drug-likeness (QED) is 0.905. The van der Waals surface area contributed by atoms with Gasteiger partial charge in [-0.3, -0.25) is 0 Å². The monoisotopic (exact) mass is 248 g/mol. The minimum absolute atomic E-state index is 0.335. The summed E-state index contributed by atoms with van der Waals surface area (Å²) in [7, 11) is 0. The highest BCUT2D eigenvalue weighted by atomic mass is 19.1. The van der Waals surface area contributed by atoms with Crippen molar-refractivity contribution in [2.75, 3.05) is 0 Å². The van der Waals surface area contributed by atoms with Crippen LogP contribution >= 0.6 is 0 Å². The SMILES string of the molecule is CC(C)c1ccn(-c2ccc(F)cc2C(C)O)n1. The number of aliphatic hydroxyl groups is 1. The van der Waals surface area contributed by atoms with Crippen LogP contribution in [0.15, 0.2) is 30.5 Å². The summed E-state index contributed by atoms with van der Waals surface area (Å²) in [6.07, 6.45) is 1.09. The molecule has 1 aromatic heterocycles. The molecule has 1 heterocycles. The van der Waals surface area contributed by atoms with Crippen LogP contribution in [-0.2, 0) is 0 Å². The van der Waals surface area contributed by atoms with Crippen molar-refractivity contribution in [3.63, 3.8) is 0 Å². The normalized spacial score (nSPS) is 13.0. The summed E-state index contributed by atoms with van der Waals surface area (Å²) in [4.78, 5) is 0. The van der Waals surface area contributed by atoms with Gasteiger partial charge in [0.05, 0.1) is 17.5 Å². The van der Waals surface area contributed by atoms with Crippen molar-refractivity contribution >= 4 is 0 Å². The molecule has 1 aromatic carbocycles. The molecule has 0 radical (unpaired) electrons. The minimum atomic E-state index is -0.734. The highest BCUT2D eigenvalue weighted by Crippen LogP contribution is 2.23. The van der Waals surface area contributed by atoms with Gasteiger partial charge in [0, 0.05) is 11.8 Å². The van der Waals surface area contributed by atoms with Crippen molar-refractivity contribution in [2.24, 2.45) is 0 Å². The molecule has 0 fully saturated rings. The molecule has 1 atom stereocenters. The van der Waals surface area contributed by atoms with E-state index >= 15 is 0 Å². The maximum absolute atomic E-state index is 13.2. The Morgan fingerprint density at radius 1 is 1.22 bits per heavy atom. The number of rotatable bonds is 3. The maximum Gasteiger partial charge on any atom is 0.123 e. The lowest BCUT2D eigenvalue weighted by atomic mass is 10.1. The zero-order valence-electron chi connectivity index (χ0n) is 10.8. The van der Waals surface area contributed by atoms with Crippen LogP contribution in [0.25, 0.3) is 5.69 Å². The fourth-order valence-electron chi connectivity index (χ4n) is 1.85. The Hall–Kier alpha value is -1.68. The predicted octanol–water partition coefficient (Wildman–Crippen LogP) is 3.19. The van der Waals surface area contributed by atoms with Crippen molar-refractivity contribution in [1.29, 1.82) is 0 Å². The van der Waals surface area contributed by atoms with Crippen LogP contribution in [0.1, 0.15) is 44.1 Å². The zero-order valence-corrected chi connectivity index (χ0v) is 10.8. The highest BCUT2D eigenvalue weighted by Gasteiger charge is 2.12. The molecule has 0 amide bonds. The minimum Gasteiger partial charge on any atom is -0.389 e. The van der Waals surface area contributed by atoms with Gasteiger partial charge in [-0.1, -0.05) is 13.8 Å². The van der Waals surface area contributed by atoms with Gasteiger partial charge in [-0.15, -0.1) is 0 Å². The average molecular weight is 248 g/mol. The van der Waals surface area contributed by atoms with Gasteiger partial charge in [0.25, 0.3) is 0 Å². The molecule has 2 rings (SSSR count). The molecule has 0 bridgehead atoms. The Morgan fingerprint density at radius 2 is 1.94 bits per heavy atom. The van der Waals surface area contributed by atoms with Crippen LogP contribution in [-0.4, -0.2) is 14.9 Å². The molecule has 96 valence electrons. The first-order valence-corrected chi connectivity index (χ1v) is 6.02. The maximum atomic E-state index is 13.2. The van der Waals surface area contributed by atoms with Gasteiger partial charge in [-0.05, 0) is 37.1 Å². The Bertz CT molecular complexity index is 546. The third-order valence-corrected chi connectivity index (χ3v) is 2.89. The van der Waals surface area contributed by atoms with Crippen molar-refractivity contribution in [3.8, 4) is 5.69 Å². The first-order chi connectivity index (χ1) is 8.49. The van der Waals surface area contributed by atoms with Gasteiger partial charge < -0.3 is 5.11 Å². The van der Waals surface area contributed by atoms with Gasteiger partial charge in [0.2, 0.25) is 0 Å². The number of hydrogen-bond acceptors (Lipinski definition) is 2. The Morgan fingerprint density at radius 3 is 2.50 bits per heavy atom. The average Bonchev–Trinajstić information content (AvgIpc) is 2.78. The number of hydrogen-bond donors (Lipinski definition) is 1. The van der Waals surface area contributed by atoms with E-state index < -0.39 is 6.10 Å². The van der Waals surface area contributed by atoms with Crippen LogP contribution in [0.2, 0.25) is 0 Å². The molecular weight excluding hydrogens is 231 g/mol. The summed E-state index contributed by atoms with van der Waals surface area (Å²) in [5.41, 5.74) is 2.21. The molecule has 0 aliphatic heterocycles. The predicted molar refractivity (Wildman–Crippen MR) is 68.2 cm³/mol. The molecule has 4 heteroatoms. The molecule has 2 aromatic rings. The van der Waals surface area contributed by atoms with Gasteiger partial charge in [-0.25, -0.2) is 9.07 Å². The molecule has 0 saturated heterocycles. The van der Waals surface area contributed by atoms with E-state index in [1.54, 1.807) is 17.7 Å². The molecule has 3 nitrogen and oxygen atoms in total. The molecular formula is C14H17FN2O. The molecule has 1 unspecified atom stereocenters. The Balaban J connectivity index is 2.49. The second-order valence-corrected chi connectivity index (χ2v) is 4.72. The third-order valence-electron chi connectivity index (χ3n) is 2.89. The van der Waals surface area contributed by atoms with Crippen molar-refractivity contribution in [3.05, 3.63) is 47.5 Å². The molecule has 0 aliphatic carbocycles. The molecule has 0 saturated carbocycles. The third kappa shape index (κ3) is 2.43. The van der Waals surface area contributed by atoms with E-state index in [0.29, 0.717) is 17.2 Å². The Kier molecular flexibility index (Phi) is 3.48. The Labute approximate surface area is 106 Å². The lowest BCUT2D eigenvalue weighted by Gasteiger charge is -2.12. The van der Waals surface area contributed by atoms with Crippen LogP contribution in [0.4, 0.5) is 4.39 Å². The van der Waals surface area contributed by atoms with Crippen LogP contribution in [0.3, 0.4) is 0 Å². The largest absolute Gasteiger partial charge is 0.389 e. The summed E-state index contributed by atoms with van der Waals surface area (Å²) in [5.74, 6) is -0.0208. The van der Waals surface area contributed by atoms with Gasteiger partial charge >= 0.3 is 0 Å². The fourth-order valence-corrected chi connectivity index (χ4v) is 1.85. The summed E-state index contributed by atoms with van der Waals surface area (Å²) >= 11 is 0. The van der Waals surface area contributed by atoms with Crippen molar-refractivity contribution < 1.29 is 9.50 Å². The smallest absolute Gasteiger partial charge is 0.123 e. The first-order valence-electron chi connectivity index (χ1n) is 6.02. The second kappa shape index (κ2) is 4.90. The lowest BCUT2D eigenvalue weighted by Crippen LogP contribution is -2.04. The van der Waals surface area contributed by atoms with Gasteiger partial charge in [0.15, 0.2) is 0 Å². The van der Waals surface area contributed by atoms with E-state index in [9.17, 15) is 9.50 Å². The number of benzene rings is 1. The molecule has 0 aliphatic rings. The summed E-state index contributed by atoms with van der Waals surface area (Å²) in [5, 5.41) is 14.1. The summed E-state index contributed by atoms with van der Waals surface area (Å²) in [6.45, 7) is 5.74. The lowest BCUT2D eigenvalue weighted by molar-refractivity contribution is 0.198. The van der Waals surface area contributed by atoms with Crippen LogP contribution < -0.4 is 0 Å². The van der Waals surface area contributed by atoms with E-state index in [4.69, 9.17) is 0 Å². The number of nitrogens with zero attached hydrogens (tertiary/aromatic N) is 2. The molecule has 18 heavy (non-hydrogen) atoms. The fraction of sp³-hybridized carbons (Fsp3) is 0.357. The second-order valence-electron chi connectivity index (χ2n) is 4.72. The topological polar surface area (TPSA) is 38.0 Å². The van der Waals surface area contributed by atoms with Gasteiger partial charge in [-0.2, -0.15) is 5.10 Å². The van der Waals surface area contributed by atoms with Crippen molar-refractivity contribution in [1.82, 2.24) is 9.78 Å². The number of halogens is 1. The number of aromatic nitrogens is 2. The zero-order chi connectivity index (χ0) is 13.3. The summed E-state index contributed by atoms with van der Waals surface area (Å²) in [6, 6.07) is 6.28. The highest BCUT2D eigenvalue weighted by molar-refractivity contribution is 5.42. The molecule has 1 N–H and O–H groups in total. The van der Waals surface area contributed by atoms with E-state index in [1.807, 2.05) is 12.3 Å². The summed E-state index contributed by atoms with van der Waals surface area (Å²) < 4.78 is 14.9.